The third-order valence-corrected chi connectivity index (χ3v) is 3.00. The lowest BCUT2D eigenvalue weighted by molar-refractivity contribution is 0.0255. The van der Waals surface area contributed by atoms with Crippen LogP contribution in [0.15, 0.2) is 35.2 Å². The summed E-state index contributed by atoms with van der Waals surface area (Å²) in [4.78, 5) is 10.3. The maximum absolute atomic E-state index is 8.71. The molecule has 0 amide bonds. The first kappa shape index (κ1) is 11.7. The number of furan rings is 1. The van der Waals surface area contributed by atoms with Crippen molar-refractivity contribution < 1.29 is 9.15 Å². The topological polar surface area (TPSA) is 75.2 Å². The van der Waals surface area contributed by atoms with Gasteiger partial charge in [-0.25, -0.2) is 9.97 Å². The summed E-state index contributed by atoms with van der Waals surface area (Å²) in [5.74, 6) is 1.56. The summed E-state index contributed by atoms with van der Waals surface area (Å²) in [5, 5.41) is 8.71. The van der Waals surface area contributed by atoms with Crippen LogP contribution in [-0.2, 0) is 4.74 Å². The Kier molecular flexibility index (Phi) is 3.12. The molecule has 0 aromatic carbocycles. The number of aromatic nitrogens is 2. The Morgan fingerprint density at radius 1 is 1.37 bits per heavy atom. The second-order valence-corrected chi connectivity index (χ2v) is 4.19. The zero-order valence-corrected chi connectivity index (χ0v) is 10.2. The van der Waals surface area contributed by atoms with Gasteiger partial charge in [0, 0.05) is 6.54 Å². The van der Waals surface area contributed by atoms with Gasteiger partial charge in [0.1, 0.15) is 23.8 Å². The summed E-state index contributed by atoms with van der Waals surface area (Å²) in [6, 6.07) is 5.70. The lowest BCUT2D eigenvalue weighted by Gasteiger charge is -2.32. The maximum Gasteiger partial charge on any atom is 0.158 e. The number of hydrogen-bond acceptors (Lipinski definition) is 6. The second kappa shape index (κ2) is 5.08. The van der Waals surface area contributed by atoms with Crippen LogP contribution in [0.25, 0.3) is 0 Å². The molecule has 6 nitrogen and oxygen atoms in total. The average molecular weight is 256 g/mol. The van der Waals surface area contributed by atoms with Gasteiger partial charge in [-0.2, -0.15) is 5.26 Å². The Labute approximate surface area is 110 Å². The van der Waals surface area contributed by atoms with Crippen molar-refractivity contribution in [2.75, 3.05) is 24.6 Å². The highest BCUT2D eigenvalue weighted by Gasteiger charge is 2.24. The fourth-order valence-corrected chi connectivity index (χ4v) is 2.05. The van der Waals surface area contributed by atoms with Crippen LogP contribution >= 0.6 is 0 Å². The van der Waals surface area contributed by atoms with Crippen molar-refractivity contribution in [1.29, 1.82) is 5.26 Å². The molecule has 96 valence electrons. The van der Waals surface area contributed by atoms with E-state index in [9.17, 15) is 0 Å². The van der Waals surface area contributed by atoms with Gasteiger partial charge in [-0.05, 0) is 12.1 Å². The molecule has 0 radical (unpaired) electrons. The van der Waals surface area contributed by atoms with E-state index in [1.807, 2.05) is 18.2 Å². The summed E-state index contributed by atoms with van der Waals surface area (Å²) in [6.07, 6.45) is 4.63. The summed E-state index contributed by atoms with van der Waals surface area (Å²) in [5.41, 5.74) is 0.319. The Balaban J connectivity index is 1.76. The molecule has 1 saturated heterocycles. The molecular weight excluding hydrogens is 244 g/mol. The minimum atomic E-state index is -0.0961. The molecule has 0 saturated carbocycles. The van der Waals surface area contributed by atoms with E-state index in [0.717, 1.165) is 18.1 Å². The van der Waals surface area contributed by atoms with E-state index in [4.69, 9.17) is 14.4 Å². The van der Waals surface area contributed by atoms with Crippen LogP contribution in [0.1, 0.15) is 17.6 Å². The molecule has 3 rings (SSSR count). The van der Waals surface area contributed by atoms with Crippen molar-refractivity contribution in [2.24, 2.45) is 0 Å². The van der Waals surface area contributed by atoms with Crippen molar-refractivity contribution >= 4 is 5.82 Å². The molecule has 1 aliphatic rings. The third-order valence-electron chi connectivity index (χ3n) is 3.00. The number of ether oxygens (including phenoxy) is 1. The standard InChI is InChI=1S/C13H12N4O2/c14-6-10-7-16-13(8-15-10)17-3-5-19-12(9-17)11-2-1-4-18-11/h1-2,4,7-8,12H,3,5,9H2. The number of morpholine rings is 1. The zero-order valence-electron chi connectivity index (χ0n) is 10.2. The highest BCUT2D eigenvalue weighted by Crippen LogP contribution is 2.24. The van der Waals surface area contributed by atoms with Gasteiger partial charge in [-0.15, -0.1) is 0 Å². The molecule has 1 atom stereocenters. The van der Waals surface area contributed by atoms with Gasteiger partial charge >= 0.3 is 0 Å². The smallest absolute Gasteiger partial charge is 0.158 e. The molecule has 1 aliphatic heterocycles. The Bertz CT molecular complexity index is 574. The highest BCUT2D eigenvalue weighted by atomic mass is 16.5. The van der Waals surface area contributed by atoms with E-state index < -0.39 is 0 Å². The zero-order chi connectivity index (χ0) is 13.1. The molecule has 19 heavy (non-hydrogen) atoms. The molecule has 1 fully saturated rings. The van der Waals surface area contributed by atoms with Crippen molar-refractivity contribution in [3.05, 3.63) is 42.2 Å². The molecule has 0 bridgehead atoms. The monoisotopic (exact) mass is 256 g/mol. The van der Waals surface area contributed by atoms with Crippen LogP contribution < -0.4 is 4.90 Å². The molecular formula is C13H12N4O2. The normalized spacial score (nSPS) is 19.1. The van der Waals surface area contributed by atoms with Gasteiger partial charge in [0.2, 0.25) is 0 Å². The first-order valence-corrected chi connectivity index (χ1v) is 5.99. The lowest BCUT2D eigenvalue weighted by atomic mass is 10.2. The molecule has 2 aromatic rings. The molecule has 3 heterocycles. The second-order valence-electron chi connectivity index (χ2n) is 4.19. The van der Waals surface area contributed by atoms with Crippen molar-refractivity contribution in [3.8, 4) is 6.07 Å². The fourth-order valence-electron chi connectivity index (χ4n) is 2.05. The van der Waals surface area contributed by atoms with Crippen LogP contribution in [0.5, 0.6) is 0 Å². The minimum absolute atomic E-state index is 0.0961. The minimum Gasteiger partial charge on any atom is -0.467 e. The van der Waals surface area contributed by atoms with Gasteiger partial charge in [-0.3, -0.25) is 0 Å². The van der Waals surface area contributed by atoms with Gasteiger partial charge in [0.25, 0.3) is 0 Å². The van der Waals surface area contributed by atoms with E-state index in [0.29, 0.717) is 18.8 Å². The van der Waals surface area contributed by atoms with Crippen LogP contribution in [0.4, 0.5) is 5.82 Å². The predicted octanol–water partition coefficient (Wildman–Crippen LogP) is 1.52. The average Bonchev–Trinajstić information content (AvgIpc) is 3.02. The van der Waals surface area contributed by atoms with Crippen molar-refractivity contribution in [1.82, 2.24) is 9.97 Å². The fraction of sp³-hybridized carbons (Fsp3) is 0.308. The predicted molar refractivity (Wildman–Crippen MR) is 66.4 cm³/mol. The van der Waals surface area contributed by atoms with E-state index in [1.54, 1.807) is 12.5 Å². The van der Waals surface area contributed by atoms with E-state index in [2.05, 4.69) is 14.9 Å². The van der Waals surface area contributed by atoms with E-state index in [-0.39, 0.29) is 6.10 Å². The van der Waals surface area contributed by atoms with Gasteiger partial charge in [0.05, 0.1) is 31.8 Å². The number of nitriles is 1. The highest BCUT2D eigenvalue weighted by molar-refractivity contribution is 5.38. The largest absolute Gasteiger partial charge is 0.467 e. The molecule has 0 aliphatic carbocycles. The number of rotatable bonds is 2. The van der Waals surface area contributed by atoms with E-state index >= 15 is 0 Å². The van der Waals surface area contributed by atoms with Crippen LogP contribution in [0, 0.1) is 11.3 Å². The van der Waals surface area contributed by atoms with Crippen molar-refractivity contribution in [3.63, 3.8) is 0 Å². The van der Waals surface area contributed by atoms with Gasteiger partial charge < -0.3 is 14.1 Å². The molecule has 0 spiro atoms. The van der Waals surface area contributed by atoms with Crippen molar-refractivity contribution in [2.45, 2.75) is 6.10 Å². The maximum atomic E-state index is 8.71. The summed E-state index contributed by atoms with van der Waals surface area (Å²) < 4.78 is 11.0. The van der Waals surface area contributed by atoms with Crippen LogP contribution in [-0.4, -0.2) is 29.7 Å². The summed E-state index contributed by atoms with van der Waals surface area (Å²) in [7, 11) is 0. The molecule has 0 N–H and O–H groups in total. The first-order valence-electron chi connectivity index (χ1n) is 5.99. The van der Waals surface area contributed by atoms with Crippen LogP contribution in [0.2, 0.25) is 0 Å². The van der Waals surface area contributed by atoms with Gasteiger partial charge in [-0.1, -0.05) is 0 Å². The SMILES string of the molecule is N#Cc1cnc(N2CCOC(c3ccco3)C2)cn1. The van der Waals surface area contributed by atoms with Gasteiger partial charge in [0.15, 0.2) is 5.69 Å². The summed E-state index contributed by atoms with van der Waals surface area (Å²) in [6.45, 7) is 2.01. The Morgan fingerprint density at radius 2 is 2.32 bits per heavy atom. The third kappa shape index (κ3) is 2.41. The Hall–Kier alpha value is -2.39. The quantitative estimate of drug-likeness (QED) is 0.810. The number of nitrogens with zero attached hydrogens (tertiary/aromatic N) is 4. The summed E-state index contributed by atoms with van der Waals surface area (Å²) >= 11 is 0. The number of anilines is 1. The van der Waals surface area contributed by atoms with E-state index in [1.165, 1.54) is 6.20 Å². The molecule has 1 unspecified atom stereocenters. The molecule has 6 heteroatoms. The lowest BCUT2D eigenvalue weighted by Crippen LogP contribution is -2.38. The number of hydrogen-bond donors (Lipinski definition) is 0. The molecule has 2 aromatic heterocycles. The van der Waals surface area contributed by atoms with Crippen LogP contribution in [0.3, 0.4) is 0 Å². The first-order chi connectivity index (χ1) is 9.36. The Morgan fingerprint density at radius 3 is 3.00 bits per heavy atom.